The lowest BCUT2D eigenvalue weighted by molar-refractivity contribution is -0.159. The second-order valence-corrected chi connectivity index (χ2v) is 6.12. The minimum absolute atomic E-state index is 0.218. The summed E-state index contributed by atoms with van der Waals surface area (Å²) in [5.74, 6) is -0.767. The Labute approximate surface area is 164 Å². The fraction of sp³-hybridized carbons (Fsp3) is 0.522. The van der Waals surface area contributed by atoms with E-state index < -0.39 is 18.2 Å². The van der Waals surface area contributed by atoms with Gasteiger partial charge in [-0.05, 0) is 44.9 Å². The molecule has 4 heteroatoms. The van der Waals surface area contributed by atoms with E-state index in [1.165, 1.54) is 0 Å². The molecule has 0 aliphatic heterocycles. The maximum atomic E-state index is 11.4. The van der Waals surface area contributed by atoms with Gasteiger partial charge in [0.05, 0.1) is 12.7 Å². The molecular weight excluding hydrogens is 340 g/mol. The molecule has 2 atom stereocenters. The van der Waals surface area contributed by atoms with Crippen LogP contribution >= 0.6 is 0 Å². The summed E-state index contributed by atoms with van der Waals surface area (Å²) in [7, 11) is 0. The van der Waals surface area contributed by atoms with Crippen LogP contribution in [-0.4, -0.2) is 35.0 Å². The first kappa shape index (κ1) is 25.1. The average molecular weight is 377 g/mol. The normalized spacial score (nSPS) is 15.0. The highest BCUT2D eigenvalue weighted by molar-refractivity contribution is 5.75. The predicted molar refractivity (Wildman–Crippen MR) is 112 cm³/mol. The Kier molecular flexibility index (Phi) is 17.5. The van der Waals surface area contributed by atoms with Gasteiger partial charge in [0.15, 0.2) is 6.10 Å². The van der Waals surface area contributed by atoms with Crippen molar-refractivity contribution in [3.8, 4) is 0 Å². The second kappa shape index (κ2) is 18.9. The van der Waals surface area contributed by atoms with Crippen LogP contribution in [-0.2, 0) is 9.53 Å². The molecule has 0 aliphatic rings. The zero-order valence-electron chi connectivity index (χ0n) is 16.8. The number of carbonyl (C=O) groups excluding carboxylic acids is 1. The van der Waals surface area contributed by atoms with Gasteiger partial charge in [-0.25, -0.2) is 4.79 Å². The third-order valence-electron chi connectivity index (χ3n) is 3.59. The van der Waals surface area contributed by atoms with Gasteiger partial charge in [0.1, 0.15) is 0 Å². The van der Waals surface area contributed by atoms with Crippen LogP contribution in [0.5, 0.6) is 0 Å². The number of aliphatic hydroxyl groups excluding tert-OH is 2. The summed E-state index contributed by atoms with van der Waals surface area (Å²) in [6.07, 6.45) is 23.7. The fourth-order valence-corrected chi connectivity index (χ4v) is 2.06. The van der Waals surface area contributed by atoms with E-state index in [0.717, 1.165) is 32.1 Å². The number of aliphatic hydroxyl groups is 2. The zero-order valence-corrected chi connectivity index (χ0v) is 16.8. The number of rotatable bonds is 15. The van der Waals surface area contributed by atoms with E-state index in [0.29, 0.717) is 6.42 Å². The summed E-state index contributed by atoms with van der Waals surface area (Å²) in [6.45, 7) is 4.25. The van der Waals surface area contributed by atoms with Crippen molar-refractivity contribution in [3.63, 3.8) is 0 Å². The van der Waals surface area contributed by atoms with Crippen molar-refractivity contribution in [2.24, 2.45) is 0 Å². The lowest BCUT2D eigenvalue weighted by Crippen LogP contribution is -2.35. The third-order valence-corrected chi connectivity index (χ3v) is 3.59. The van der Waals surface area contributed by atoms with E-state index in [-0.39, 0.29) is 13.0 Å². The van der Waals surface area contributed by atoms with Crippen molar-refractivity contribution in [1.82, 2.24) is 0 Å². The van der Waals surface area contributed by atoms with Crippen LogP contribution in [0.4, 0.5) is 0 Å². The maximum Gasteiger partial charge on any atom is 0.337 e. The van der Waals surface area contributed by atoms with Crippen molar-refractivity contribution in [3.05, 3.63) is 60.8 Å². The molecule has 2 N–H and O–H groups in total. The smallest absolute Gasteiger partial charge is 0.337 e. The van der Waals surface area contributed by atoms with Gasteiger partial charge >= 0.3 is 5.97 Å². The molecule has 0 aromatic rings. The van der Waals surface area contributed by atoms with E-state index in [2.05, 4.69) is 49.5 Å². The summed E-state index contributed by atoms with van der Waals surface area (Å²) in [4.78, 5) is 11.4. The number of allylic oxidation sites excluding steroid dienone is 9. The Bertz CT molecular complexity index is 501. The molecule has 0 bridgehead atoms. The van der Waals surface area contributed by atoms with Crippen LogP contribution in [0.2, 0.25) is 0 Å². The second-order valence-electron chi connectivity index (χ2n) is 6.12. The minimum atomic E-state index is -1.49. The van der Waals surface area contributed by atoms with Crippen molar-refractivity contribution >= 4 is 5.97 Å². The Morgan fingerprint density at radius 3 is 1.67 bits per heavy atom. The molecular formula is C23H36O4. The topological polar surface area (TPSA) is 66.8 Å². The molecule has 0 fully saturated rings. The molecule has 0 saturated heterocycles. The van der Waals surface area contributed by atoms with Gasteiger partial charge in [-0.2, -0.15) is 0 Å². The molecule has 0 radical (unpaired) electrons. The van der Waals surface area contributed by atoms with Gasteiger partial charge in [0, 0.05) is 0 Å². The molecule has 0 aromatic carbocycles. The SMILES string of the molecule is CC/C=C\C/C=C\C/C=C\C/C=C\C/C=C\CC(O)C(O)C(=O)OCCC. The Hall–Kier alpha value is -1.91. The molecule has 27 heavy (non-hydrogen) atoms. The number of esters is 1. The third kappa shape index (κ3) is 16.0. The van der Waals surface area contributed by atoms with Gasteiger partial charge in [0.25, 0.3) is 0 Å². The average Bonchev–Trinajstić information content (AvgIpc) is 2.68. The van der Waals surface area contributed by atoms with Crippen molar-refractivity contribution in [1.29, 1.82) is 0 Å². The molecule has 0 aromatic heterocycles. The molecule has 0 aliphatic carbocycles. The van der Waals surface area contributed by atoms with E-state index >= 15 is 0 Å². The number of ether oxygens (including phenoxy) is 1. The van der Waals surface area contributed by atoms with Crippen molar-refractivity contribution in [2.75, 3.05) is 6.61 Å². The van der Waals surface area contributed by atoms with Crippen LogP contribution in [0.25, 0.3) is 0 Å². The predicted octanol–water partition coefficient (Wildman–Crippen LogP) is 4.80. The first-order valence-corrected chi connectivity index (χ1v) is 9.91. The summed E-state index contributed by atoms with van der Waals surface area (Å²) < 4.78 is 4.81. The van der Waals surface area contributed by atoms with Crippen LogP contribution in [0.15, 0.2) is 60.8 Å². The van der Waals surface area contributed by atoms with Gasteiger partial charge in [-0.15, -0.1) is 0 Å². The summed E-state index contributed by atoms with van der Waals surface area (Å²) in [6, 6.07) is 0. The zero-order chi connectivity index (χ0) is 20.2. The van der Waals surface area contributed by atoms with Gasteiger partial charge in [0.2, 0.25) is 0 Å². The van der Waals surface area contributed by atoms with Gasteiger partial charge < -0.3 is 14.9 Å². The Morgan fingerprint density at radius 1 is 0.778 bits per heavy atom. The van der Waals surface area contributed by atoms with Crippen LogP contribution in [0, 0.1) is 0 Å². The van der Waals surface area contributed by atoms with E-state index in [4.69, 9.17) is 4.74 Å². The first-order chi connectivity index (χ1) is 13.1. The van der Waals surface area contributed by atoms with Crippen molar-refractivity contribution in [2.45, 2.75) is 71.0 Å². The molecule has 0 spiro atoms. The fourth-order valence-electron chi connectivity index (χ4n) is 2.06. The molecule has 0 amide bonds. The number of hydrogen-bond donors (Lipinski definition) is 2. The monoisotopic (exact) mass is 376 g/mol. The summed E-state index contributed by atoms with van der Waals surface area (Å²) in [5.41, 5.74) is 0. The van der Waals surface area contributed by atoms with Crippen LogP contribution in [0.1, 0.15) is 58.8 Å². The van der Waals surface area contributed by atoms with E-state index in [1.54, 1.807) is 6.08 Å². The molecule has 0 heterocycles. The van der Waals surface area contributed by atoms with E-state index in [1.807, 2.05) is 19.1 Å². The number of hydrogen-bond acceptors (Lipinski definition) is 4. The van der Waals surface area contributed by atoms with Crippen LogP contribution < -0.4 is 0 Å². The maximum absolute atomic E-state index is 11.4. The molecule has 152 valence electrons. The molecule has 4 nitrogen and oxygen atoms in total. The van der Waals surface area contributed by atoms with Crippen molar-refractivity contribution < 1.29 is 19.7 Å². The lowest BCUT2D eigenvalue weighted by Gasteiger charge is -2.14. The summed E-state index contributed by atoms with van der Waals surface area (Å²) in [5, 5.41) is 19.4. The highest BCUT2D eigenvalue weighted by atomic mass is 16.5. The Morgan fingerprint density at radius 2 is 1.22 bits per heavy atom. The highest BCUT2D eigenvalue weighted by Crippen LogP contribution is 2.04. The molecule has 0 saturated carbocycles. The van der Waals surface area contributed by atoms with Gasteiger partial charge in [-0.3, -0.25) is 0 Å². The quantitative estimate of drug-likeness (QED) is 0.318. The lowest BCUT2D eigenvalue weighted by atomic mass is 10.1. The minimum Gasteiger partial charge on any atom is -0.464 e. The largest absolute Gasteiger partial charge is 0.464 e. The van der Waals surface area contributed by atoms with Gasteiger partial charge in [-0.1, -0.05) is 74.6 Å². The molecule has 0 rings (SSSR count). The highest BCUT2D eigenvalue weighted by Gasteiger charge is 2.24. The number of carbonyl (C=O) groups is 1. The van der Waals surface area contributed by atoms with Crippen LogP contribution in [0.3, 0.4) is 0 Å². The molecule has 2 unspecified atom stereocenters. The summed E-state index contributed by atoms with van der Waals surface area (Å²) >= 11 is 0. The first-order valence-electron chi connectivity index (χ1n) is 9.91. The van der Waals surface area contributed by atoms with E-state index in [9.17, 15) is 15.0 Å². The Balaban J connectivity index is 3.79. The standard InChI is InChI=1S/C23H36O4/c1-3-5-6-7-8-9-10-11-12-13-14-15-16-17-18-19-21(24)22(25)23(26)27-20-4-2/h5-6,8-9,11-12,14-15,17-18,21-22,24-25H,3-4,7,10,13,16,19-20H2,1-2H3/b6-5-,9-8-,12-11-,15-14-,18-17-.